The van der Waals surface area contributed by atoms with E-state index in [-0.39, 0.29) is 35.5 Å². The predicted molar refractivity (Wildman–Crippen MR) is 136 cm³/mol. The molecule has 0 aliphatic carbocycles. The summed E-state index contributed by atoms with van der Waals surface area (Å²) in [5, 5.41) is 2.42. The van der Waals surface area contributed by atoms with Crippen molar-refractivity contribution in [2.75, 3.05) is 37.7 Å². The van der Waals surface area contributed by atoms with Gasteiger partial charge in [0.15, 0.2) is 0 Å². The van der Waals surface area contributed by atoms with Gasteiger partial charge >= 0.3 is 5.97 Å². The molecule has 0 saturated carbocycles. The van der Waals surface area contributed by atoms with E-state index in [0.717, 1.165) is 50.0 Å². The molecule has 3 amide bonds. The first kappa shape index (κ1) is 26.2. The maximum Gasteiger partial charge on any atom is 0.311 e. The van der Waals surface area contributed by atoms with E-state index in [1.165, 1.54) is 0 Å². The Kier molecular flexibility index (Phi) is 8.32. The smallest absolute Gasteiger partial charge is 0.311 e. The molecule has 1 unspecified atom stereocenters. The SMILES string of the molecule is CCCCOC(=O)C1(C)CCN(C(=O)C2CCN(c3ccc(C4CCC(=O)NC4=O)cc3)CC2)CC1. The number of amides is 3. The van der Waals surface area contributed by atoms with Gasteiger partial charge in [-0.2, -0.15) is 0 Å². The molecule has 3 aliphatic rings. The highest BCUT2D eigenvalue weighted by atomic mass is 16.5. The molecule has 0 bridgehead atoms. The molecule has 36 heavy (non-hydrogen) atoms. The van der Waals surface area contributed by atoms with Crippen molar-refractivity contribution in [3.8, 4) is 0 Å². The fourth-order valence-electron chi connectivity index (χ4n) is 5.48. The average Bonchev–Trinajstić information content (AvgIpc) is 2.89. The summed E-state index contributed by atoms with van der Waals surface area (Å²) in [6, 6.07) is 8.02. The van der Waals surface area contributed by atoms with Crippen LogP contribution >= 0.6 is 0 Å². The Labute approximate surface area is 213 Å². The van der Waals surface area contributed by atoms with Crippen molar-refractivity contribution in [1.82, 2.24) is 10.2 Å². The number of unbranched alkanes of at least 4 members (excludes halogenated alkanes) is 1. The fourth-order valence-corrected chi connectivity index (χ4v) is 5.48. The highest BCUT2D eigenvalue weighted by Crippen LogP contribution is 2.34. The van der Waals surface area contributed by atoms with Crippen LogP contribution in [0.25, 0.3) is 0 Å². The number of nitrogens with zero attached hydrogens (tertiary/aromatic N) is 2. The van der Waals surface area contributed by atoms with Crippen LogP contribution < -0.4 is 10.2 Å². The number of piperidine rings is 3. The normalized spacial score (nSPS) is 22.8. The highest BCUT2D eigenvalue weighted by Gasteiger charge is 2.40. The first-order valence-corrected chi connectivity index (χ1v) is 13.5. The van der Waals surface area contributed by atoms with Gasteiger partial charge in [0.05, 0.1) is 17.9 Å². The summed E-state index contributed by atoms with van der Waals surface area (Å²) in [6.07, 6.45) is 5.73. The molecule has 3 heterocycles. The van der Waals surface area contributed by atoms with Gasteiger partial charge in [0.25, 0.3) is 0 Å². The highest BCUT2D eigenvalue weighted by molar-refractivity contribution is 6.00. The molecular formula is C28H39N3O5. The van der Waals surface area contributed by atoms with Gasteiger partial charge in [0.1, 0.15) is 0 Å². The maximum atomic E-state index is 13.2. The molecule has 0 spiro atoms. The van der Waals surface area contributed by atoms with Gasteiger partial charge in [-0.15, -0.1) is 0 Å². The number of nitrogens with one attached hydrogen (secondary N) is 1. The van der Waals surface area contributed by atoms with E-state index >= 15 is 0 Å². The van der Waals surface area contributed by atoms with Crippen LogP contribution in [0.2, 0.25) is 0 Å². The average molecular weight is 498 g/mol. The zero-order chi connectivity index (χ0) is 25.7. The number of hydrogen-bond donors (Lipinski definition) is 1. The van der Waals surface area contributed by atoms with Crippen molar-refractivity contribution in [3.05, 3.63) is 29.8 Å². The number of anilines is 1. The number of imide groups is 1. The van der Waals surface area contributed by atoms with E-state index < -0.39 is 5.41 Å². The van der Waals surface area contributed by atoms with Gasteiger partial charge in [-0.05, 0) is 63.1 Å². The quantitative estimate of drug-likeness (QED) is 0.352. The van der Waals surface area contributed by atoms with E-state index in [0.29, 0.717) is 45.4 Å². The van der Waals surface area contributed by atoms with E-state index in [1.807, 2.05) is 36.1 Å². The van der Waals surface area contributed by atoms with Gasteiger partial charge in [-0.25, -0.2) is 0 Å². The van der Waals surface area contributed by atoms with Crippen molar-refractivity contribution in [2.24, 2.45) is 11.3 Å². The number of likely N-dealkylation sites (tertiary alicyclic amines) is 1. The van der Waals surface area contributed by atoms with E-state index in [9.17, 15) is 19.2 Å². The van der Waals surface area contributed by atoms with Gasteiger partial charge in [-0.1, -0.05) is 25.5 Å². The first-order chi connectivity index (χ1) is 17.3. The molecule has 3 fully saturated rings. The molecule has 8 nitrogen and oxygen atoms in total. The lowest BCUT2D eigenvalue weighted by Crippen LogP contribution is -2.49. The van der Waals surface area contributed by atoms with Crippen LogP contribution in [0.1, 0.15) is 76.7 Å². The molecule has 3 saturated heterocycles. The van der Waals surface area contributed by atoms with Crippen molar-refractivity contribution >= 4 is 29.4 Å². The molecule has 1 atom stereocenters. The van der Waals surface area contributed by atoms with Gasteiger partial charge < -0.3 is 14.5 Å². The molecule has 1 aromatic carbocycles. The minimum Gasteiger partial charge on any atom is -0.465 e. The Balaban J connectivity index is 1.24. The molecule has 0 radical (unpaired) electrons. The van der Waals surface area contributed by atoms with Gasteiger partial charge in [0.2, 0.25) is 17.7 Å². The van der Waals surface area contributed by atoms with E-state index in [4.69, 9.17) is 4.74 Å². The summed E-state index contributed by atoms with van der Waals surface area (Å²) in [6.45, 7) is 7.36. The Morgan fingerprint density at radius 2 is 1.69 bits per heavy atom. The summed E-state index contributed by atoms with van der Waals surface area (Å²) in [5.41, 5.74) is 1.53. The first-order valence-electron chi connectivity index (χ1n) is 13.5. The fraction of sp³-hybridized carbons (Fsp3) is 0.643. The summed E-state index contributed by atoms with van der Waals surface area (Å²) in [7, 11) is 0. The van der Waals surface area contributed by atoms with Crippen molar-refractivity contribution in [1.29, 1.82) is 0 Å². The van der Waals surface area contributed by atoms with E-state index in [2.05, 4.69) is 17.1 Å². The lowest BCUT2D eigenvalue weighted by molar-refractivity contribution is -0.160. The molecule has 3 aliphatic heterocycles. The van der Waals surface area contributed by atoms with Crippen molar-refractivity contribution in [3.63, 3.8) is 0 Å². The summed E-state index contributed by atoms with van der Waals surface area (Å²) >= 11 is 0. The predicted octanol–water partition coefficient (Wildman–Crippen LogP) is 3.40. The van der Waals surface area contributed by atoms with Gasteiger partial charge in [0, 0.05) is 44.2 Å². The second-order valence-corrected chi connectivity index (χ2v) is 10.7. The van der Waals surface area contributed by atoms with Crippen LogP contribution in [-0.4, -0.2) is 61.4 Å². The third-order valence-electron chi connectivity index (χ3n) is 8.15. The minimum atomic E-state index is -0.492. The number of benzene rings is 1. The largest absolute Gasteiger partial charge is 0.465 e. The molecule has 0 aromatic heterocycles. The molecule has 1 aromatic rings. The van der Waals surface area contributed by atoms with Crippen LogP contribution in [-0.2, 0) is 23.9 Å². The Morgan fingerprint density at radius 1 is 1.03 bits per heavy atom. The molecule has 196 valence electrons. The van der Waals surface area contributed by atoms with Crippen LogP contribution in [0.15, 0.2) is 24.3 Å². The topological polar surface area (TPSA) is 96.0 Å². The Bertz CT molecular complexity index is 960. The second kappa shape index (κ2) is 11.4. The number of esters is 1. The third-order valence-corrected chi connectivity index (χ3v) is 8.15. The molecule has 1 N–H and O–H groups in total. The number of hydrogen-bond acceptors (Lipinski definition) is 6. The molecule has 8 heteroatoms. The Morgan fingerprint density at radius 3 is 2.31 bits per heavy atom. The number of rotatable bonds is 7. The summed E-state index contributed by atoms with van der Waals surface area (Å²) in [4.78, 5) is 53.5. The minimum absolute atomic E-state index is 0.0184. The van der Waals surface area contributed by atoms with Crippen LogP contribution in [0.4, 0.5) is 5.69 Å². The molecule has 4 rings (SSSR count). The molecular weight excluding hydrogens is 458 g/mol. The Hall–Kier alpha value is -2.90. The number of carbonyl (C=O) groups is 4. The summed E-state index contributed by atoms with van der Waals surface area (Å²) in [5.74, 6) is -0.586. The van der Waals surface area contributed by atoms with Crippen molar-refractivity contribution in [2.45, 2.75) is 71.1 Å². The number of ether oxygens (including phenoxy) is 1. The van der Waals surface area contributed by atoms with Crippen LogP contribution in [0.5, 0.6) is 0 Å². The maximum absolute atomic E-state index is 13.2. The second-order valence-electron chi connectivity index (χ2n) is 10.7. The van der Waals surface area contributed by atoms with Crippen LogP contribution in [0, 0.1) is 11.3 Å². The standard InChI is InChI=1S/C28H39N3O5/c1-3-4-19-36-27(35)28(2)13-17-31(18-14-28)26(34)21-11-15-30(16-12-21)22-7-5-20(6-8-22)23-9-10-24(32)29-25(23)33/h5-8,21,23H,3-4,9-19H2,1-2H3,(H,29,32,33). The van der Waals surface area contributed by atoms with Crippen molar-refractivity contribution < 1.29 is 23.9 Å². The van der Waals surface area contributed by atoms with E-state index in [1.54, 1.807) is 0 Å². The van der Waals surface area contributed by atoms with Crippen LogP contribution in [0.3, 0.4) is 0 Å². The number of carbonyl (C=O) groups excluding carboxylic acids is 4. The zero-order valence-corrected chi connectivity index (χ0v) is 21.6. The lowest BCUT2D eigenvalue weighted by atomic mass is 9.80. The monoisotopic (exact) mass is 497 g/mol. The van der Waals surface area contributed by atoms with Gasteiger partial charge in [-0.3, -0.25) is 24.5 Å². The lowest BCUT2D eigenvalue weighted by Gasteiger charge is -2.40. The summed E-state index contributed by atoms with van der Waals surface area (Å²) < 4.78 is 5.46. The third kappa shape index (κ3) is 5.90. The zero-order valence-electron chi connectivity index (χ0n) is 21.6.